The third kappa shape index (κ3) is 1.99. The summed E-state index contributed by atoms with van der Waals surface area (Å²) in [5.74, 6) is 0. The average Bonchev–Trinajstić information content (AvgIpc) is 2.69. The molecule has 3 aromatic rings. The van der Waals surface area contributed by atoms with Gasteiger partial charge in [-0.3, -0.25) is 4.98 Å². The van der Waals surface area contributed by atoms with Crippen molar-refractivity contribution < 1.29 is 0 Å². The maximum Gasteiger partial charge on any atom is 0.0780 e. The van der Waals surface area contributed by atoms with Crippen molar-refractivity contribution in [3.8, 4) is 11.3 Å². The molecule has 0 bridgehead atoms. The van der Waals surface area contributed by atoms with Crippen molar-refractivity contribution in [2.24, 2.45) is 5.41 Å². The van der Waals surface area contributed by atoms with Gasteiger partial charge >= 0.3 is 0 Å². The Morgan fingerprint density at radius 1 is 0.720 bits per heavy atom. The average molecular weight is 329 g/mol. The van der Waals surface area contributed by atoms with E-state index in [1.54, 1.807) is 0 Å². The van der Waals surface area contributed by atoms with Gasteiger partial charge in [0.2, 0.25) is 0 Å². The molecular weight excluding hydrogens is 302 g/mol. The number of hydrogen-bond donors (Lipinski definition) is 0. The number of nitrogens with zero attached hydrogens (tertiary/aromatic N) is 1. The molecule has 1 aromatic heterocycles. The lowest BCUT2D eigenvalue weighted by molar-refractivity contribution is 0.125. The fraction of sp³-hybridized carbons (Fsp3) is 0.375. The lowest BCUT2D eigenvalue weighted by atomic mass is 9.59. The SMILES string of the molecule is CC1(C)c2ccc(-c3nccc4ccccc34)cc2C(C)(C)C1(C)C. The second-order valence-electron chi connectivity index (χ2n) is 9.02. The first-order valence-corrected chi connectivity index (χ1v) is 9.17. The van der Waals surface area contributed by atoms with Gasteiger partial charge < -0.3 is 0 Å². The molecule has 1 heteroatoms. The summed E-state index contributed by atoms with van der Waals surface area (Å²) in [7, 11) is 0. The first-order chi connectivity index (χ1) is 11.7. The van der Waals surface area contributed by atoms with Crippen LogP contribution in [0.5, 0.6) is 0 Å². The highest BCUT2D eigenvalue weighted by Crippen LogP contribution is 2.61. The highest BCUT2D eigenvalue weighted by Gasteiger charge is 2.56. The zero-order chi connectivity index (χ0) is 18.0. The van der Waals surface area contributed by atoms with Gasteiger partial charge in [0.05, 0.1) is 5.69 Å². The van der Waals surface area contributed by atoms with Crippen LogP contribution in [0.1, 0.15) is 52.7 Å². The van der Waals surface area contributed by atoms with Gasteiger partial charge in [-0.15, -0.1) is 0 Å². The summed E-state index contributed by atoms with van der Waals surface area (Å²) in [4.78, 5) is 4.72. The lowest BCUT2D eigenvalue weighted by Crippen LogP contribution is -2.42. The van der Waals surface area contributed by atoms with Crippen molar-refractivity contribution >= 4 is 10.8 Å². The second kappa shape index (κ2) is 4.94. The molecule has 0 radical (unpaired) electrons. The normalized spacial score (nSPS) is 19.8. The van der Waals surface area contributed by atoms with E-state index in [9.17, 15) is 0 Å². The minimum Gasteiger partial charge on any atom is -0.256 e. The molecule has 2 aromatic carbocycles. The van der Waals surface area contributed by atoms with Gasteiger partial charge in [0, 0.05) is 17.1 Å². The minimum absolute atomic E-state index is 0.117. The summed E-state index contributed by atoms with van der Waals surface area (Å²) < 4.78 is 0. The molecule has 0 spiro atoms. The first-order valence-electron chi connectivity index (χ1n) is 9.17. The number of aromatic nitrogens is 1. The van der Waals surface area contributed by atoms with E-state index in [1.807, 2.05) is 6.20 Å². The molecular formula is C24H27N. The standard InChI is InChI=1S/C24H27N/c1-22(2)19-12-11-17(15-20(19)23(3,4)24(22,5)6)21-18-10-8-7-9-16(18)13-14-25-21/h7-15H,1-6H3. The fourth-order valence-electron chi connectivity index (χ4n) is 4.56. The maximum atomic E-state index is 4.72. The number of benzene rings is 2. The molecule has 4 rings (SSSR count). The van der Waals surface area contributed by atoms with Crippen LogP contribution in [-0.4, -0.2) is 4.98 Å². The quantitative estimate of drug-likeness (QED) is 0.497. The second-order valence-corrected chi connectivity index (χ2v) is 9.02. The van der Waals surface area contributed by atoms with E-state index in [0.29, 0.717) is 0 Å². The van der Waals surface area contributed by atoms with E-state index >= 15 is 0 Å². The predicted octanol–water partition coefficient (Wildman–Crippen LogP) is 6.50. The molecule has 0 aliphatic heterocycles. The van der Waals surface area contributed by atoms with Crippen LogP contribution in [0.25, 0.3) is 22.0 Å². The van der Waals surface area contributed by atoms with Gasteiger partial charge in [-0.25, -0.2) is 0 Å². The van der Waals surface area contributed by atoms with Crippen molar-refractivity contribution in [1.29, 1.82) is 0 Å². The molecule has 0 saturated heterocycles. The van der Waals surface area contributed by atoms with Crippen LogP contribution in [0.15, 0.2) is 54.7 Å². The summed E-state index contributed by atoms with van der Waals surface area (Å²) in [6, 6.07) is 17.6. The zero-order valence-electron chi connectivity index (χ0n) is 16.1. The number of fused-ring (bicyclic) bond motifs is 2. The van der Waals surface area contributed by atoms with Crippen LogP contribution < -0.4 is 0 Å². The molecule has 1 heterocycles. The molecule has 1 aliphatic rings. The Morgan fingerprint density at radius 2 is 1.40 bits per heavy atom. The van der Waals surface area contributed by atoms with E-state index in [-0.39, 0.29) is 16.2 Å². The molecule has 0 saturated carbocycles. The smallest absolute Gasteiger partial charge is 0.0780 e. The van der Waals surface area contributed by atoms with Gasteiger partial charge in [0.25, 0.3) is 0 Å². The largest absolute Gasteiger partial charge is 0.256 e. The Balaban J connectivity index is 1.98. The van der Waals surface area contributed by atoms with Crippen molar-refractivity contribution in [1.82, 2.24) is 4.98 Å². The summed E-state index contributed by atoms with van der Waals surface area (Å²) in [5, 5.41) is 2.46. The monoisotopic (exact) mass is 329 g/mol. The van der Waals surface area contributed by atoms with Crippen LogP contribution in [0.4, 0.5) is 0 Å². The molecule has 1 aliphatic carbocycles. The van der Waals surface area contributed by atoms with E-state index in [0.717, 1.165) is 5.69 Å². The Labute approximate surface area is 151 Å². The summed E-state index contributed by atoms with van der Waals surface area (Å²) >= 11 is 0. The van der Waals surface area contributed by atoms with Crippen LogP contribution in [0.2, 0.25) is 0 Å². The first kappa shape index (κ1) is 16.3. The molecule has 25 heavy (non-hydrogen) atoms. The Bertz CT molecular complexity index is 971. The van der Waals surface area contributed by atoms with Crippen molar-refractivity contribution in [2.75, 3.05) is 0 Å². The van der Waals surface area contributed by atoms with Crippen LogP contribution in [-0.2, 0) is 10.8 Å². The minimum atomic E-state index is 0.117. The molecule has 0 N–H and O–H groups in total. The van der Waals surface area contributed by atoms with E-state index in [4.69, 9.17) is 4.98 Å². The van der Waals surface area contributed by atoms with E-state index < -0.39 is 0 Å². The van der Waals surface area contributed by atoms with Gasteiger partial charge in [-0.05, 0) is 44.9 Å². The molecule has 0 fully saturated rings. The van der Waals surface area contributed by atoms with E-state index in [2.05, 4.69) is 90.1 Å². The molecule has 0 unspecified atom stereocenters. The zero-order valence-corrected chi connectivity index (χ0v) is 16.1. The Kier molecular flexibility index (Phi) is 3.23. The van der Waals surface area contributed by atoms with Gasteiger partial charge in [-0.1, -0.05) is 77.9 Å². The number of rotatable bonds is 1. The number of hydrogen-bond acceptors (Lipinski definition) is 1. The van der Waals surface area contributed by atoms with Gasteiger partial charge in [0.1, 0.15) is 0 Å². The topological polar surface area (TPSA) is 12.9 Å². The summed E-state index contributed by atoms with van der Waals surface area (Å²) in [5.41, 5.74) is 5.70. The van der Waals surface area contributed by atoms with Gasteiger partial charge in [-0.2, -0.15) is 0 Å². The Hall–Kier alpha value is -2.15. The molecule has 128 valence electrons. The Morgan fingerprint density at radius 3 is 2.16 bits per heavy atom. The van der Waals surface area contributed by atoms with Crippen LogP contribution in [0, 0.1) is 5.41 Å². The maximum absolute atomic E-state index is 4.72. The molecule has 0 amide bonds. The summed E-state index contributed by atoms with van der Waals surface area (Å²) in [6.07, 6.45) is 1.92. The highest BCUT2D eigenvalue weighted by atomic mass is 14.7. The van der Waals surface area contributed by atoms with Crippen LogP contribution >= 0.6 is 0 Å². The lowest BCUT2D eigenvalue weighted by Gasteiger charge is -2.44. The molecule has 0 atom stereocenters. The fourth-order valence-corrected chi connectivity index (χ4v) is 4.56. The van der Waals surface area contributed by atoms with Gasteiger partial charge in [0.15, 0.2) is 0 Å². The van der Waals surface area contributed by atoms with Crippen LogP contribution in [0.3, 0.4) is 0 Å². The predicted molar refractivity (Wildman–Crippen MR) is 107 cm³/mol. The van der Waals surface area contributed by atoms with Crippen molar-refractivity contribution in [2.45, 2.75) is 52.4 Å². The summed E-state index contributed by atoms with van der Waals surface area (Å²) in [6.45, 7) is 14.4. The third-order valence-electron chi connectivity index (χ3n) is 7.44. The van der Waals surface area contributed by atoms with Crippen molar-refractivity contribution in [3.63, 3.8) is 0 Å². The van der Waals surface area contributed by atoms with E-state index in [1.165, 1.54) is 27.5 Å². The number of pyridine rings is 1. The third-order valence-corrected chi connectivity index (χ3v) is 7.44. The molecule has 1 nitrogen and oxygen atoms in total. The van der Waals surface area contributed by atoms with Crippen molar-refractivity contribution in [3.05, 3.63) is 65.9 Å². The highest BCUT2D eigenvalue weighted by molar-refractivity contribution is 5.94.